The summed E-state index contributed by atoms with van der Waals surface area (Å²) in [5.74, 6) is 0.917. The van der Waals surface area contributed by atoms with Crippen LogP contribution in [0.5, 0.6) is 0 Å². The fourth-order valence-electron chi connectivity index (χ4n) is 1.34. The summed E-state index contributed by atoms with van der Waals surface area (Å²) in [6.45, 7) is 0. The van der Waals surface area contributed by atoms with Crippen LogP contribution in [0.15, 0.2) is 18.3 Å². The van der Waals surface area contributed by atoms with Crippen molar-refractivity contribution >= 4 is 11.5 Å². The molecule has 0 aliphatic heterocycles. The Morgan fingerprint density at radius 3 is 2.92 bits per heavy atom. The smallest absolute Gasteiger partial charge is 0.151 e. The Hall–Kier alpha value is -1.25. The molecular formula is C9H13N3. The Morgan fingerprint density at radius 2 is 2.33 bits per heavy atom. The molecule has 2 N–H and O–H groups in total. The Bertz CT molecular complexity index is 281. The molecule has 0 atom stereocenters. The first-order valence-corrected chi connectivity index (χ1v) is 4.22. The van der Waals surface area contributed by atoms with Gasteiger partial charge < -0.3 is 10.6 Å². The highest BCUT2D eigenvalue weighted by Gasteiger charge is 2.27. The summed E-state index contributed by atoms with van der Waals surface area (Å²) in [7, 11) is 2.05. The molecule has 0 spiro atoms. The molecule has 1 saturated carbocycles. The summed E-state index contributed by atoms with van der Waals surface area (Å²) in [4.78, 5) is 6.40. The third kappa shape index (κ3) is 1.22. The number of aromatic nitrogens is 1. The summed E-state index contributed by atoms with van der Waals surface area (Å²) in [5.41, 5.74) is 6.55. The van der Waals surface area contributed by atoms with Crippen LogP contribution in [-0.4, -0.2) is 18.1 Å². The fraction of sp³-hybridized carbons (Fsp3) is 0.444. The molecule has 0 radical (unpaired) electrons. The molecule has 3 nitrogen and oxygen atoms in total. The number of hydrogen-bond acceptors (Lipinski definition) is 3. The second-order valence-electron chi connectivity index (χ2n) is 3.26. The van der Waals surface area contributed by atoms with Crippen molar-refractivity contribution in [1.82, 2.24) is 4.98 Å². The molecule has 0 aromatic carbocycles. The average molecular weight is 163 g/mol. The van der Waals surface area contributed by atoms with Gasteiger partial charge in [-0.2, -0.15) is 0 Å². The highest BCUT2D eigenvalue weighted by Crippen LogP contribution is 2.31. The first kappa shape index (κ1) is 7.40. The maximum Gasteiger partial charge on any atom is 0.151 e. The molecule has 1 aliphatic rings. The lowest BCUT2D eigenvalue weighted by Gasteiger charge is -2.18. The second-order valence-corrected chi connectivity index (χ2v) is 3.26. The van der Waals surface area contributed by atoms with Crippen LogP contribution in [-0.2, 0) is 0 Å². The van der Waals surface area contributed by atoms with Gasteiger partial charge >= 0.3 is 0 Å². The largest absolute Gasteiger partial charge is 0.396 e. The van der Waals surface area contributed by atoms with Gasteiger partial charge in [0, 0.05) is 19.3 Å². The van der Waals surface area contributed by atoms with Crippen molar-refractivity contribution in [3.8, 4) is 0 Å². The van der Waals surface area contributed by atoms with E-state index in [-0.39, 0.29) is 0 Å². The first-order chi connectivity index (χ1) is 5.79. The third-order valence-corrected chi connectivity index (χ3v) is 2.25. The molecular weight excluding hydrogens is 150 g/mol. The van der Waals surface area contributed by atoms with Crippen molar-refractivity contribution in [2.75, 3.05) is 17.7 Å². The van der Waals surface area contributed by atoms with Crippen molar-refractivity contribution in [3.05, 3.63) is 18.3 Å². The van der Waals surface area contributed by atoms with Crippen LogP contribution in [0.3, 0.4) is 0 Å². The van der Waals surface area contributed by atoms with Crippen LogP contribution < -0.4 is 10.6 Å². The van der Waals surface area contributed by atoms with E-state index in [1.807, 2.05) is 12.1 Å². The molecule has 0 saturated heterocycles. The number of nitrogen functional groups attached to an aromatic ring is 1. The number of anilines is 2. The topological polar surface area (TPSA) is 42.2 Å². The summed E-state index contributed by atoms with van der Waals surface area (Å²) in [5, 5.41) is 0. The quantitative estimate of drug-likeness (QED) is 0.713. The van der Waals surface area contributed by atoms with Crippen molar-refractivity contribution in [3.63, 3.8) is 0 Å². The van der Waals surface area contributed by atoms with Crippen LogP contribution in [0.25, 0.3) is 0 Å². The van der Waals surface area contributed by atoms with Crippen LogP contribution in [0.2, 0.25) is 0 Å². The molecule has 1 aromatic heterocycles. The van der Waals surface area contributed by atoms with Crippen LogP contribution in [0.1, 0.15) is 12.8 Å². The molecule has 1 aromatic rings. The number of rotatable bonds is 2. The Labute approximate surface area is 72.2 Å². The fourth-order valence-corrected chi connectivity index (χ4v) is 1.34. The highest BCUT2D eigenvalue weighted by molar-refractivity contribution is 5.62. The van der Waals surface area contributed by atoms with E-state index in [0.29, 0.717) is 6.04 Å². The monoisotopic (exact) mass is 163 g/mol. The maximum atomic E-state index is 5.78. The normalized spacial score (nSPS) is 16.1. The van der Waals surface area contributed by atoms with E-state index < -0.39 is 0 Å². The van der Waals surface area contributed by atoms with E-state index in [1.54, 1.807) is 6.20 Å². The zero-order valence-corrected chi connectivity index (χ0v) is 7.20. The summed E-state index contributed by atoms with van der Waals surface area (Å²) in [6.07, 6.45) is 4.32. The Morgan fingerprint density at radius 1 is 1.58 bits per heavy atom. The molecule has 64 valence electrons. The van der Waals surface area contributed by atoms with Gasteiger partial charge in [-0.05, 0) is 25.0 Å². The van der Waals surface area contributed by atoms with E-state index in [1.165, 1.54) is 12.8 Å². The van der Waals surface area contributed by atoms with Gasteiger partial charge in [0.15, 0.2) is 5.82 Å². The van der Waals surface area contributed by atoms with E-state index in [9.17, 15) is 0 Å². The molecule has 12 heavy (non-hydrogen) atoms. The second kappa shape index (κ2) is 2.66. The number of pyridine rings is 1. The van der Waals surface area contributed by atoms with Gasteiger partial charge in [0.2, 0.25) is 0 Å². The van der Waals surface area contributed by atoms with Gasteiger partial charge in [0.25, 0.3) is 0 Å². The van der Waals surface area contributed by atoms with Crippen LogP contribution >= 0.6 is 0 Å². The van der Waals surface area contributed by atoms with Gasteiger partial charge in [0.05, 0.1) is 5.69 Å². The van der Waals surface area contributed by atoms with Crippen molar-refractivity contribution in [1.29, 1.82) is 0 Å². The molecule has 0 amide bonds. The van der Waals surface area contributed by atoms with E-state index >= 15 is 0 Å². The van der Waals surface area contributed by atoms with Gasteiger partial charge in [-0.3, -0.25) is 0 Å². The number of nitrogens with two attached hydrogens (primary N) is 1. The highest BCUT2D eigenvalue weighted by atomic mass is 15.2. The minimum atomic E-state index is 0.669. The van der Waals surface area contributed by atoms with Crippen LogP contribution in [0, 0.1) is 0 Å². The van der Waals surface area contributed by atoms with Gasteiger partial charge in [-0.25, -0.2) is 4.98 Å². The van der Waals surface area contributed by atoms with Crippen molar-refractivity contribution < 1.29 is 0 Å². The standard InChI is InChI=1S/C9H13N3/c1-12(7-4-5-7)9-8(10)3-2-6-11-9/h2-3,6-7H,4-5,10H2,1H3. The molecule has 2 rings (SSSR count). The lowest BCUT2D eigenvalue weighted by Crippen LogP contribution is -2.21. The average Bonchev–Trinajstić information content (AvgIpc) is 2.86. The Balaban J connectivity index is 2.25. The van der Waals surface area contributed by atoms with Gasteiger partial charge in [0.1, 0.15) is 0 Å². The molecule has 0 bridgehead atoms. The molecule has 0 unspecified atom stereocenters. The first-order valence-electron chi connectivity index (χ1n) is 4.22. The third-order valence-electron chi connectivity index (χ3n) is 2.25. The predicted molar refractivity (Wildman–Crippen MR) is 50.1 cm³/mol. The summed E-state index contributed by atoms with van der Waals surface area (Å²) >= 11 is 0. The van der Waals surface area contributed by atoms with Crippen molar-refractivity contribution in [2.45, 2.75) is 18.9 Å². The zero-order valence-electron chi connectivity index (χ0n) is 7.20. The number of hydrogen-bond donors (Lipinski definition) is 1. The van der Waals surface area contributed by atoms with Gasteiger partial charge in [-0.15, -0.1) is 0 Å². The molecule has 3 heteroatoms. The van der Waals surface area contributed by atoms with Crippen molar-refractivity contribution in [2.24, 2.45) is 0 Å². The van der Waals surface area contributed by atoms with E-state index in [0.717, 1.165) is 11.5 Å². The van der Waals surface area contributed by atoms with E-state index in [2.05, 4.69) is 16.9 Å². The maximum absolute atomic E-state index is 5.78. The minimum Gasteiger partial charge on any atom is -0.396 e. The lowest BCUT2D eigenvalue weighted by molar-refractivity contribution is 0.894. The summed E-state index contributed by atoms with van der Waals surface area (Å²) < 4.78 is 0. The molecule has 1 aliphatic carbocycles. The zero-order chi connectivity index (χ0) is 8.55. The Kier molecular flexibility index (Phi) is 1.64. The molecule has 1 heterocycles. The summed E-state index contributed by atoms with van der Waals surface area (Å²) in [6, 6.07) is 4.42. The SMILES string of the molecule is CN(c1ncccc1N)C1CC1. The van der Waals surface area contributed by atoms with Crippen LogP contribution in [0.4, 0.5) is 11.5 Å². The predicted octanol–water partition coefficient (Wildman–Crippen LogP) is 1.26. The molecule has 1 fully saturated rings. The van der Waals surface area contributed by atoms with Gasteiger partial charge in [-0.1, -0.05) is 0 Å². The minimum absolute atomic E-state index is 0.669. The van der Waals surface area contributed by atoms with E-state index in [4.69, 9.17) is 5.73 Å². The lowest BCUT2D eigenvalue weighted by atomic mass is 10.3. The number of nitrogens with zero attached hydrogens (tertiary/aromatic N) is 2.